The van der Waals surface area contributed by atoms with Gasteiger partial charge >= 0.3 is 5.97 Å². The monoisotopic (exact) mass is 322 g/mol. The second-order valence-corrected chi connectivity index (χ2v) is 5.09. The van der Waals surface area contributed by atoms with E-state index < -0.39 is 11.8 Å². The minimum Gasteiger partial charge on any atom is -0.494 e. The molecule has 2 N–H and O–H groups in total. The van der Waals surface area contributed by atoms with Gasteiger partial charge in [0.15, 0.2) is 28.7 Å². The SMILES string of the molecule is COc1cc(-c2onc(NC3CCOC3)c2C(=O)O)ccc1F. The lowest BCUT2D eigenvalue weighted by molar-refractivity contribution is 0.0698. The maximum Gasteiger partial charge on any atom is 0.343 e. The van der Waals surface area contributed by atoms with Crippen LogP contribution >= 0.6 is 0 Å². The molecular weight excluding hydrogens is 307 g/mol. The number of nitrogens with zero attached hydrogens (tertiary/aromatic N) is 1. The van der Waals surface area contributed by atoms with Crippen LogP contribution < -0.4 is 10.1 Å². The topological polar surface area (TPSA) is 93.8 Å². The number of hydrogen-bond donors (Lipinski definition) is 2. The first-order valence-electron chi connectivity index (χ1n) is 7.01. The van der Waals surface area contributed by atoms with Crippen LogP contribution in [0.1, 0.15) is 16.8 Å². The molecule has 0 bridgehead atoms. The largest absolute Gasteiger partial charge is 0.494 e. The van der Waals surface area contributed by atoms with Crippen LogP contribution in [-0.2, 0) is 4.74 Å². The van der Waals surface area contributed by atoms with Crippen LogP contribution in [-0.4, -0.2) is 42.6 Å². The van der Waals surface area contributed by atoms with Crippen molar-refractivity contribution < 1.29 is 28.3 Å². The summed E-state index contributed by atoms with van der Waals surface area (Å²) >= 11 is 0. The molecule has 1 aromatic carbocycles. The van der Waals surface area contributed by atoms with Gasteiger partial charge < -0.3 is 24.4 Å². The summed E-state index contributed by atoms with van der Waals surface area (Å²) in [5.74, 6) is -1.57. The van der Waals surface area contributed by atoms with Gasteiger partial charge in [-0.25, -0.2) is 9.18 Å². The van der Waals surface area contributed by atoms with Crippen LogP contribution in [0.3, 0.4) is 0 Å². The predicted molar refractivity (Wildman–Crippen MR) is 78.3 cm³/mol. The Morgan fingerprint density at radius 2 is 2.35 bits per heavy atom. The van der Waals surface area contributed by atoms with Gasteiger partial charge in [0.2, 0.25) is 0 Å². The van der Waals surface area contributed by atoms with E-state index in [0.29, 0.717) is 18.8 Å². The first kappa shape index (κ1) is 15.3. The fourth-order valence-corrected chi connectivity index (χ4v) is 2.43. The molecule has 0 saturated carbocycles. The first-order valence-corrected chi connectivity index (χ1v) is 7.01. The van der Waals surface area contributed by atoms with E-state index in [1.807, 2.05) is 0 Å². The number of aromatic carboxylic acids is 1. The third kappa shape index (κ3) is 2.98. The Labute approximate surface area is 131 Å². The van der Waals surface area contributed by atoms with Crippen LogP contribution in [0.4, 0.5) is 10.2 Å². The summed E-state index contributed by atoms with van der Waals surface area (Å²) in [6, 6.07) is 3.94. The average molecular weight is 322 g/mol. The first-order chi connectivity index (χ1) is 11.1. The minimum absolute atomic E-state index is 0.00561. The molecule has 0 amide bonds. The Balaban J connectivity index is 1.98. The summed E-state index contributed by atoms with van der Waals surface area (Å²) in [6.07, 6.45) is 0.756. The molecule has 1 aliphatic heterocycles. The minimum atomic E-state index is -1.19. The quantitative estimate of drug-likeness (QED) is 0.873. The molecule has 0 spiro atoms. The lowest BCUT2D eigenvalue weighted by Gasteiger charge is -2.09. The van der Waals surface area contributed by atoms with E-state index in [9.17, 15) is 14.3 Å². The van der Waals surface area contributed by atoms with Crippen molar-refractivity contribution in [3.05, 3.63) is 29.6 Å². The summed E-state index contributed by atoms with van der Waals surface area (Å²) in [4.78, 5) is 11.6. The summed E-state index contributed by atoms with van der Waals surface area (Å²) < 4.78 is 28.8. The van der Waals surface area contributed by atoms with Gasteiger partial charge in [0.1, 0.15) is 0 Å². The molecule has 23 heavy (non-hydrogen) atoms. The molecule has 122 valence electrons. The van der Waals surface area contributed by atoms with Crippen molar-refractivity contribution in [1.82, 2.24) is 5.16 Å². The summed E-state index contributed by atoms with van der Waals surface area (Å²) in [7, 11) is 1.33. The number of ether oxygens (including phenoxy) is 2. The molecule has 2 aromatic rings. The number of carboxylic acids is 1. The maximum absolute atomic E-state index is 13.5. The standard InChI is InChI=1S/C15H15FN2O5/c1-21-11-6-8(2-3-10(11)16)13-12(15(19)20)14(18-23-13)17-9-4-5-22-7-9/h2-3,6,9H,4-5,7H2,1H3,(H,17,18)(H,19,20). The Morgan fingerprint density at radius 3 is 3.00 bits per heavy atom. The van der Waals surface area contributed by atoms with Gasteiger partial charge in [0.05, 0.1) is 19.8 Å². The average Bonchev–Trinajstić information content (AvgIpc) is 3.18. The third-order valence-corrected chi connectivity index (χ3v) is 3.59. The smallest absolute Gasteiger partial charge is 0.343 e. The van der Waals surface area contributed by atoms with E-state index in [1.54, 1.807) is 0 Å². The van der Waals surface area contributed by atoms with Gasteiger partial charge in [-0.1, -0.05) is 5.16 Å². The number of anilines is 1. The van der Waals surface area contributed by atoms with Gasteiger partial charge in [0.25, 0.3) is 0 Å². The summed E-state index contributed by atoms with van der Waals surface area (Å²) in [5, 5.41) is 16.3. The number of carbonyl (C=O) groups is 1. The van der Waals surface area contributed by atoms with Crippen molar-refractivity contribution in [3.63, 3.8) is 0 Å². The number of carboxylic acid groups (broad SMARTS) is 1. The third-order valence-electron chi connectivity index (χ3n) is 3.59. The van der Waals surface area contributed by atoms with Gasteiger partial charge in [-0.2, -0.15) is 0 Å². The number of hydrogen-bond acceptors (Lipinski definition) is 6. The zero-order valence-electron chi connectivity index (χ0n) is 12.3. The van der Waals surface area contributed by atoms with Crippen LogP contribution in [0.5, 0.6) is 5.75 Å². The van der Waals surface area contributed by atoms with E-state index in [0.717, 1.165) is 6.42 Å². The van der Waals surface area contributed by atoms with E-state index >= 15 is 0 Å². The van der Waals surface area contributed by atoms with E-state index in [-0.39, 0.29) is 28.9 Å². The van der Waals surface area contributed by atoms with Crippen molar-refractivity contribution in [2.45, 2.75) is 12.5 Å². The zero-order chi connectivity index (χ0) is 16.4. The van der Waals surface area contributed by atoms with Crippen molar-refractivity contribution >= 4 is 11.8 Å². The fourth-order valence-electron chi connectivity index (χ4n) is 2.43. The van der Waals surface area contributed by atoms with Crippen LogP contribution in [0, 0.1) is 5.82 Å². The lowest BCUT2D eigenvalue weighted by Crippen LogP contribution is -2.20. The second-order valence-electron chi connectivity index (χ2n) is 5.09. The summed E-state index contributed by atoms with van der Waals surface area (Å²) in [5.41, 5.74) is 0.259. The van der Waals surface area contributed by atoms with Gasteiger partial charge in [-0.15, -0.1) is 0 Å². The Kier molecular flexibility index (Phi) is 4.16. The number of rotatable bonds is 5. The molecule has 0 aliphatic carbocycles. The highest BCUT2D eigenvalue weighted by Crippen LogP contribution is 2.33. The number of methoxy groups -OCH3 is 1. The summed E-state index contributed by atoms with van der Waals surface area (Å²) in [6.45, 7) is 1.09. The molecule has 7 nitrogen and oxygen atoms in total. The molecule has 1 fully saturated rings. The molecule has 2 heterocycles. The number of benzene rings is 1. The highest BCUT2D eigenvalue weighted by molar-refractivity contribution is 5.99. The van der Waals surface area contributed by atoms with Crippen molar-refractivity contribution in [1.29, 1.82) is 0 Å². The van der Waals surface area contributed by atoms with Crippen molar-refractivity contribution in [2.24, 2.45) is 0 Å². The van der Waals surface area contributed by atoms with Crippen LogP contribution in [0.15, 0.2) is 22.7 Å². The van der Waals surface area contributed by atoms with E-state index in [4.69, 9.17) is 14.0 Å². The molecule has 1 atom stereocenters. The lowest BCUT2D eigenvalue weighted by atomic mass is 10.1. The van der Waals surface area contributed by atoms with Gasteiger partial charge in [-0.05, 0) is 24.6 Å². The molecule has 1 aliphatic rings. The van der Waals surface area contributed by atoms with Crippen LogP contribution in [0.2, 0.25) is 0 Å². The van der Waals surface area contributed by atoms with Gasteiger partial charge in [-0.3, -0.25) is 0 Å². The molecule has 1 unspecified atom stereocenters. The van der Waals surface area contributed by atoms with E-state index in [1.165, 1.54) is 25.3 Å². The zero-order valence-corrected chi connectivity index (χ0v) is 12.3. The predicted octanol–water partition coefficient (Wildman–Crippen LogP) is 2.39. The Bertz CT molecular complexity index is 725. The number of nitrogens with one attached hydrogen (secondary N) is 1. The molecule has 1 aromatic heterocycles. The van der Waals surface area contributed by atoms with Crippen molar-refractivity contribution in [2.75, 3.05) is 25.6 Å². The normalized spacial score (nSPS) is 17.2. The highest BCUT2D eigenvalue weighted by atomic mass is 19.1. The molecule has 1 saturated heterocycles. The van der Waals surface area contributed by atoms with Crippen molar-refractivity contribution in [3.8, 4) is 17.1 Å². The Morgan fingerprint density at radius 1 is 1.52 bits per heavy atom. The number of aromatic nitrogens is 1. The van der Waals surface area contributed by atoms with Gasteiger partial charge in [0, 0.05) is 12.2 Å². The molecule has 0 radical (unpaired) electrons. The Hall–Kier alpha value is -2.61. The van der Waals surface area contributed by atoms with Crippen LogP contribution in [0.25, 0.3) is 11.3 Å². The van der Waals surface area contributed by atoms with E-state index in [2.05, 4.69) is 10.5 Å². The second kappa shape index (κ2) is 6.25. The number of halogens is 1. The highest BCUT2D eigenvalue weighted by Gasteiger charge is 2.27. The molecular formula is C15H15FN2O5. The fraction of sp³-hybridized carbons (Fsp3) is 0.333. The maximum atomic E-state index is 13.5. The molecule has 8 heteroatoms. The molecule has 3 rings (SSSR count).